The molecule has 0 unspecified atom stereocenters. The molecule has 3 aromatic carbocycles. The molecule has 176 valence electrons. The van der Waals surface area contributed by atoms with Crippen LogP contribution in [-0.2, 0) is 16.0 Å². The van der Waals surface area contributed by atoms with Crippen LogP contribution in [0.15, 0.2) is 65.1 Å². The number of aliphatic hydroxyl groups is 1. The molecule has 1 amide bonds. The van der Waals surface area contributed by atoms with E-state index in [1.807, 2.05) is 30.3 Å². The minimum atomic E-state index is -1.73. The highest BCUT2D eigenvalue weighted by Gasteiger charge is 2.73. The van der Waals surface area contributed by atoms with Crippen molar-refractivity contribution in [3.05, 3.63) is 87.6 Å². The van der Waals surface area contributed by atoms with Crippen LogP contribution < -0.4 is 19.5 Å². The number of rotatable bonds is 6. The second-order valence-corrected chi connectivity index (χ2v) is 9.41. The second-order valence-electron chi connectivity index (χ2n) is 8.49. The minimum absolute atomic E-state index is 0.309. The van der Waals surface area contributed by atoms with E-state index in [0.29, 0.717) is 46.8 Å². The highest BCUT2D eigenvalue weighted by Crippen LogP contribution is 2.68. The molecular weight excluding hydrogens is 505 g/mol. The van der Waals surface area contributed by atoms with E-state index in [9.17, 15) is 14.3 Å². The van der Waals surface area contributed by atoms with Crippen molar-refractivity contribution < 1.29 is 28.5 Å². The van der Waals surface area contributed by atoms with Crippen LogP contribution in [0, 0.1) is 5.82 Å². The third-order valence-electron chi connectivity index (χ3n) is 6.97. The van der Waals surface area contributed by atoms with Crippen LogP contribution in [0.5, 0.6) is 17.2 Å². The van der Waals surface area contributed by atoms with Gasteiger partial charge in [-0.1, -0.05) is 40.2 Å². The van der Waals surface area contributed by atoms with Gasteiger partial charge in [0.25, 0.3) is 0 Å². The fourth-order valence-corrected chi connectivity index (χ4v) is 5.89. The molecule has 0 saturated heterocycles. The van der Waals surface area contributed by atoms with Crippen LogP contribution in [0.2, 0.25) is 0 Å². The quantitative estimate of drug-likeness (QED) is 0.465. The van der Waals surface area contributed by atoms with Crippen molar-refractivity contribution >= 4 is 22.3 Å². The summed E-state index contributed by atoms with van der Waals surface area (Å²) in [4.78, 5) is 11.7. The molecule has 2 N–H and O–H groups in total. The molecule has 0 bridgehead atoms. The van der Waals surface area contributed by atoms with E-state index < -0.39 is 29.0 Å². The average Bonchev–Trinajstić information content (AvgIpc) is 3.24. The van der Waals surface area contributed by atoms with Crippen LogP contribution in [0.1, 0.15) is 29.0 Å². The third kappa shape index (κ3) is 3.05. The maximum Gasteiger partial charge on any atom is 0.207 e. The lowest BCUT2D eigenvalue weighted by molar-refractivity contribution is -0.126. The number of halogens is 2. The number of hydrogen-bond donors (Lipinski definition) is 2. The van der Waals surface area contributed by atoms with E-state index in [2.05, 4.69) is 21.2 Å². The van der Waals surface area contributed by atoms with E-state index in [4.69, 9.17) is 14.2 Å². The first-order chi connectivity index (χ1) is 16.4. The Labute approximate surface area is 204 Å². The zero-order valence-corrected chi connectivity index (χ0v) is 20.1. The number of carbonyl (C=O) groups is 1. The zero-order valence-electron chi connectivity index (χ0n) is 18.5. The number of amides is 1. The number of methoxy groups -OCH3 is 2. The molecule has 1 aliphatic carbocycles. The number of hydrogen-bond acceptors (Lipinski definition) is 5. The summed E-state index contributed by atoms with van der Waals surface area (Å²) in [6.45, 7) is 0. The lowest BCUT2D eigenvalue weighted by Crippen LogP contribution is -2.55. The predicted molar refractivity (Wildman–Crippen MR) is 127 cm³/mol. The molecule has 6 nitrogen and oxygen atoms in total. The highest BCUT2D eigenvalue weighted by atomic mass is 79.9. The summed E-state index contributed by atoms with van der Waals surface area (Å²) < 4.78 is 33.0. The van der Waals surface area contributed by atoms with Crippen LogP contribution in [0.25, 0.3) is 0 Å². The van der Waals surface area contributed by atoms with Crippen molar-refractivity contribution in [3.8, 4) is 17.2 Å². The maximum atomic E-state index is 14.3. The molecule has 1 aliphatic heterocycles. The molecule has 8 heteroatoms. The van der Waals surface area contributed by atoms with Gasteiger partial charge in [-0.05, 0) is 41.8 Å². The van der Waals surface area contributed by atoms with Gasteiger partial charge in [-0.25, -0.2) is 4.39 Å². The van der Waals surface area contributed by atoms with Crippen molar-refractivity contribution in [1.29, 1.82) is 0 Å². The van der Waals surface area contributed by atoms with E-state index >= 15 is 0 Å². The summed E-state index contributed by atoms with van der Waals surface area (Å²) in [7, 11) is 3.03. The lowest BCUT2D eigenvalue weighted by Gasteiger charge is -2.41. The van der Waals surface area contributed by atoms with E-state index in [1.165, 1.54) is 26.4 Å². The minimum Gasteiger partial charge on any atom is -0.496 e. The first-order valence-electron chi connectivity index (χ1n) is 10.8. The van der Waals surface area contributed by atoms with Crippen molar-refractivity contribution in [2.45, 2.75) is 29.6 Å². The van der Waals surface area contributed by atoms with Gasteiger partial charge in [0, 0.05) is 22.5 Å². The number of carbonyl (C=O) groups excluding carboxylic acids is 1. The Morgan fingerprint density at radius 2 is 1.91 bits per heavy atom. The van der Waals surface area contributed by atoms with Gasteiger partial charge in [0.2, 0.25) is 6.41 Å². The molecule has 4 atom stereocenters. The van der Waals surface area contributed by atoms with Crippen LogP contribution in [0.4, 0.5) is 4.39 Å². The van der Waals surface area contributed by atoms with Gasteiger partial charge in [-0.3, -0.25) is 4.79 Å². The van der Waals surface area contributed by atoms with Gasteiger partial charge in [0.15, 0.2) is 11.2 Å². The smallest absolute Gasteiger partial charge is 0.207 e. The fourth-order valence-electron chi connectivity index (χ4n) is 5.62. The fraction of sp³-hybridized carbons (Fsp3) is 0.269. The highest BCUT2D eigenvalue weighted by molar-refractivity contribution is 9.10. The second kappa shape index (κ2) is 8.29. The van der Waals surface area contributed by atoms with Gasteiger partial charge in [-0.15, -0.1) is 0 Å². The van der Waals surface area contributed by atoms with E-state index in [0.717, 1.165) is 4.47 Å². The van der Waals surface area contributed by atoms with Crippen LogP contribution >= 0.6 is 15.9 Å². The Balaban J connectivity index is 1.85. The zero-order chi connectivity index (χ0) is 24.1. The van der Waals surface area contributed by atoms with Crippen molar-refractivity contribution in [2.75, 3.05) is 14.2 Å². The van der Waals surface area contributed by atoms with Crippen molar-refractivity contribution in [2.24, 2.45) is 0 Å². The summed E-state index contributed by atoms with van der Waals surface area (Å²) in [6, 6.07) is 16.3. The van der Waals surface area contributed by atoms with Gasteiger partial charge in [-0.2, -0.15) is 0 Å². The number of fused-ring (bicyclic) bond motifs is 3. The molecule has 1 heterocycles. The first kappa shape index (κ1) is 22.7. The molecule has 5 rings (SSSR count). The van der Waals surface area contributed by atoms with E-state index in [1.54, 1.807) is 18.2 Å². The Kier molecular flexibility index (Phi) is 5.53. The Morgan fingerprint density at radius 3 is 2.56 bits per heavy atom. The Bertz CT molecular complexity index is 1250. The Hall–Kier alpha value is -3.10. The molecule has 0 radical (unpaired) electrons. The molecule has 0 spiro atoms. The molecule has 1 saturated carbocycles. The lowest BCUT2D eigenvalue weighted by atomic mass is 9.71. The Morgan fingerprint density at radius 1 is 1.15 bits per heavy atom. The summed E-state index contributed by atoms with van der Waals surface area (Å²) >= 11 is 3.47. The SMILES string of the molecule is COc1cc(OC)c2c(c1)O[C@@]1(c3ccc(Br)cc3)[C@H](c3cccc(F)c3)C[C@H](NC=O)[C@@]21O. The normalized spacial score (nSPS) is 26.9. The van der Waals surface area contributed by atoms with E-state index in [-0.39, 0.29) is 0 Å². The van der Waals surface area contributed by atoms with Crippen molar-refractivity contribution in [3.63, 3.8) is 0 Å². The summed E-state index contributed by atoms with van der Waals surface area (Å²) in [5, 5.41) is 15.4. The van der Waals surface area contributed by atoms with Gasteiger partial charge in [0.05, 0.1) is 25.8 Å². The standard InChI is InChI=1S/C26H23BrFNO5/c1-32-19-11-21(33-2)24-22(12-19)34-26(16-6-8-17(27)9-7-16)20(15-4-3-5-18(28)10-15)13-23(29-14-30)25(24,26)31/h3-12,14,20,23,31H,13H2,1-2H3,(H,29,30)/t20-,23-,25+,26-/m0/s1. The number of ether oxygens (including phenoxy) is 3. The monoisotopic (exact) mass is 527 g/mol. The predicted octanol–water partition coefficient (Wildman–Crippen LogP) is 4.38. The third-order valence-corrected chi connectivity index (χ3v) is 7.50. The average molecular weight is 528 g/mol. The molecule has 2 aliphatic rings. The number of nitrogens with one attached hydrogen (secondary N) is 1. The summed E-state index contributed by atoms with van der Waals surface area (Å²) in [5.41, 5.74) is -1.37. The molecule has 3 aromatic rings. The van der Waals surface area contributed by atoms with Crippen LogP contribution in [-0.4, -0.2) is 31.8 Å². The topological polar surface area (TPSA) is 77.0 Å². The molecule has 1 fully saturated rings. The van der Waals surface area contributed by atoms with Crippen molar-refractivity contribution in [1.82, 2.24) is 5.32 Å². The summed E-state index contributed by atoms with van der Waals surface area (Å²) in [5.74, 6) is 0.338. The largest absolute Gasteiger partial charge is 0.496 e. The molecule has 0 aromatic heterocycles. The van der Waals surface area contributed by atoms with Gasteiger partial charge >= 0.3 is 0 Å². The molecule has 34 heavy (non-hydrogen) atoms. The van der Waals surface area contributed by atoms with Crippen LogP contribution in [0.3, 0.4) is 0 Å². The number of benzene rings is 3. The summed E-state index contributed by atoms with van der Waals surface area (Å²) in [6.07, 6.45) is 0.875. The maximum absolute atomic E-state index is 14.3. The molecular formula is C26H23BrFNO5. The van der Waals surface area contributed by atoms with Gasteiger partial charge in [0.1, 0.15) is 23.1 Å². The van der Waals surface area contributed by atoms with Gasteiger partial charge < -0.3 is 24.6 Å². The first-order valence-corrected chi connectivity index (χ1v) is 11.6.